The Bertz CT molecular complexity index is 386. The fourth-order valence-electron chi connectivity index (χ4n) is 3.98. The molecule has 0 aromatic heterocycles. The smallest absolute Gasteiger partial charge is 0.191 e. The zero-order valence-corrected chi connectivity index (χ0v) is 19.7. The van der Waals surface area contributed by atoms with Crippen molar-refractivity contribution in [3.63, 3.8) is 0 Å². The predicted molar refractivity (Wildman–Crippen MR) is 123 cm³/mol. The van der Waals surface area contributed by atoms with Crippen LogP contribution >= 0.6 is 24.0 Å². The normalized spacial score (nSPS) is 20.3. The fraction of sp³-hybridized carbons (Fsp3) is 0.950. The van der Waals surface area contributed by atoms with E-state index in [4.69, 9.17) is 14.5 Å². The lowest BCUT2D eigenvalue weighted by molar-refractivity contribution is 0.0169. The van der Waals surface area contributed by atoms with Gasteiger partial charge in [-0.1, -0.05) is 12.8 Å². The van der Waals surface area contributed by atoms with Crippen molar-refractivity contribution >= 4 is 29.9 Å². The zero-order chi connectivity index (χ0) is 18.5. The largest absolute Gasteiger partial charge is 0.379 e. The zero-order valence-electron chi connectivity index (χ0n) is 17.4. The van der Waals surface area contributed by atoms with Crippen LogP contribution in [0.1, 0.15) is 52.4 Å². The van der Waals surface area contributed by atoms with Crippen LogP contribution in [0.25, 0.3) is 0 Å². The molecule has 0 amide bonds. The maximum Gasteiger partial charge on any atom is 0.191 e. The lowest BCUT2D eigenvalue weighted by Gasteiger charge is -2.26. The van der Waals surface area contributed by atoms with Crippen molar-refractivity contribution < 1.29 is 9.47 Å². The van der Waals surface area contributed by atoms with Gasteiger partial charge >= 0.3 is 0 Å². The van der Waals surface area contributed by atoms with E-state index in [-0.39, 0.29) is 24.0 Å². The first kappa shape index (κ1) is 24.9. The van der Waals surface area contributed by atoms with E-state index in [1.165, 1.54) is 25.7 Å². The second-order valence-corrected chi connectivity index (χ2v) is 7.32. The quantitative estimate of drug-likeness (QED) is 0.200. The number of guanidine groups is 1. The Kier molecular flexibility index (Phi) is 14.5. The van der Waals surface area contributed by atoms with Gasteiger partial charge in [0.2, 0.25) is 0 Å². The highest BCUT2D eigenvalue weighted by molar-refractivity contribution is 14.0. The number of halogens is 1. The van der Waals surface area contributed by atoms with Gasteiger partial charge in [-0.2, -0.15) is 0 Å². The minimum Gasteiger partial charge on any atom is -0.379 e. The van der Waals surface area contributed by atoms with Crippen LogP contribution in [-0.4, -0.2) is 76.1 Å². The van der Waals surface area contributed by atoms with Crippen LogP contribution in [0.3, 0.4) is 0 Å². The molecule has 2 N–H and O–H groups in total. The molecule has 2 rings (SSSR count). The highest BCUT2D eigenvalue weighted by Gasteiger charge is 2.25. The third-order valence-electron chi connectivity index (χ3n) is 5.38. The maximum absolute atomic E-state index is 6.02. The SMILES string of the molecule is CCNC(=NCCCN1CCOCC1)NCCC(OCC)C1CCCC1.I. The number of rotatable bonds is 11. The average Bonchev–Trinajstić information content (AvgIpc) is 3.20. The first-order valence-corrected chi connectivity index (χ1v) is 10.8. The molecule has 0 spiro atoms. The van der Waals surface area contributed by atoms with Crippen LogP contribution < -0.4 is 10.6 Å². The van der Waals surface area contributed by atoms with Gasteiger partial charge in [0.1, 0.15) is 0 Å². The molecule has 1 atom stereocenters. The van der Waals surface area contributed by atoms with Crippen molar-refractivity contribution in [2.75, 3.05) is 59.1 Å². The number of hydrogen-bond donors (Lipinski definition) is 2. The Morgan fingerprint density at radius 2 is 1.93 bits per heavy atom. The number of morpholine rings is 1. The van der Waals surface area contributed by atoms with E-state index < -0.39 is 0 Å². The third-order valence-corrected chi connectivity index (χ3v) is 5.38. The van der Waals surface area contributed by atoms with Crippen LogP contribution in [0.4, 0.5) is 0 Å². The summed E-state index contributed by atoms with van der Waals surface area (Å²) in [5.74, 6) is 1.70. The van der Waals surface area contributed by atoms with Crippen molar-refractivity contribution in [3.8, 4) is 0 Å². The van der Waals surface area contributed by atoms with E-state index >= 15 is 0 Å². The van der Waals surface area contributed by atoms with E-state index in [0.717, 1.165) is 83.8 Å². The highest BCUT2D eigenvalue weighted by Crippen LogP contribution is 2.30. The summed E-state index contributed by atoms with van der Waals surface area (Å²) >= 11 is 0. The van der Waals surface area contributed by atoms with E-state index in [1.807, 2.05) is 0 Å². The van der Waals surface area contributed by atoms with Gasteiger partial charge in [-0.05, 0) is 45.4 Å². The van der Waals surface area contributed by atoms with Gasteiger partial charge < -0.3 is 20.1 Å². The summed E-state index contributed by atoms with van der Waals surface area (Å²) in [5.41, 5.74) is 0. The average molecular weight is 496 g/mol. The summed E-state index contributed by atoms with van der Waals surface area (Å²) in [6.45, 7) is 12.7. The van der Waals surface area contributed by atoms with Crippen molar-refractivity contribution in [2.24, 2.45) is 10.9 Å². The van der Waals surface area contributed by atoms with Crippen molar-refractivity contribution in [2.45, 2.75) is 58.5 Å². The summed E-state index contributed by atoms with van der Waals surface area (Å²) in [7, 11) is 0. The molecule has 2 fully saturated rings. The molecule has 1 aliphatic carbocycles. The van der Waals surface area contributed by atoms with Gasteiger partial charge in [-0.3, -0.25) is 9.89 Å². The molecule has 1 saturated carbocycles. The molecule has 0 aromatic carbocycles. The second-order valence-electron chi connectivity index (χ2n) is 7.32. The Hall–Kier alpha value is -0.120. The van der Waals surface area contributed by atoms with E-state index in [9.17, 15) is 0 Å². The van der Waals surface area contributed by atoms with Gasteiger partial charge in [0, 0.05) is 45.9 Å². The van der Waals surface area contributed by atoms with E-state index in [2.05, 4.69) is 29.4 Å². The molecule has 1 heterocycles. The van der Waals surface area contributed by atoms with Crippen LogP contribution in [-0.2, 0) is 9.47 Å². The lowest BCUT2D eigenvalue weighted by Crippen LogP contribution is -2.40. The number of ether oxygens (including phenoxy) is 2. The van der Waals surface area contributed by atoms with Gasteiger partial charge in [-0.25, -0.2) is 0 Å². The number of nitrogens with one attached hydrogen (secondary N) is 2. The molecule has 6 nitrogen and oxygen atoms in total. The standard InChI is InChI=1S/C20H40N4O2.HI/c1-3-21-20(22-11-7-13-24-14-16-25-17-15-24)23-12-10-19(26-4-2)18-8-5-6-9-18;/h18-19H,3-17H2,1-2H3,(H2,21,22,23);1H. The minimum atomic E-state index is 0. The molecular weight excluding hydrogens is 455 g/mol. The van der Waals surface area contributed by atoms with Crippen molar-refractivity contribution in [3.05, 3.63) is 0 Å². The minimum absolute atomic E-state index is 0. The summed E-state index contributed by atoms with van der Waals surface area (Å²) < 4.78 is 11.4. The molecular formula is C20H41IN4O2. The Morgan fingerprint density at radius 3 is 2.59 bits per heavy atom. The molecule has 160 valence electrons. The Morgan fingerprint density at radius 1 is 1.19 bits per heavy atom. The van der Waals surface area contributed by atoms with Crippen LogP contribution in [0.15, 0.2) is 4.99 Å². The molecule has 7 heteroatoms. The molecule has 0 radical (unpaired) electrons. The van der Waals surface area contributed by atoms with E-state index in [1.54, 1.807) is 0 Å². The highest BCUT2D eigenvalue weighted by atomic mass is 127. The monoisotopic (exact) mass is 496 g/mol. The number of nitrogens with zero attached hydrogens (tertiary/aromatic N) is 2. The maximum atomic E-state index is 6.02. The number of aliphatic imine (C=N–C) groups is 1. The summed E-state index contributed by atoms with van der Waals surface area (Å²) in [4.78, 5) is 7.20. The van der Waals surface area contributed by atoms with Crippen molar-refractivity contribution in [1.29, 1.82) is 0 Å². The van der Waals surface area contributed by atoms with Crippen LogP contribution in [0.5, 0.6) is 0 Å². The molecule has 27 heavy (non-hydrogen) atoms. The molecule has 1 unspecified atom stereocenters. The predicted octanol–water partition coefficient (Wildman–Crippen LogP) is 2.87. The molecule has 0 bridgehead atoms. The topological polar surface area (TPSA) is 58.1 Å². The fourth-order valence-corrected chi connectivity index (χ4v) is 3.98. The lowest BCUT2D eigenvalue weighted by atomic mass is 9.98. The van der Waals surface area contributed by atoms with Gasteiger partial charge in [0.25, 0.3) is 0 Å². The molecule has 2 aliphatic rings. The number of hydrogen-bond acceptors (Lipinski definition) is 4. The molecule has 0 aromatic rings. The van der Waals surface area contributed by atoms with E-state index in [0.29, 0.717) is 6.10 Å². The summed E-state index contributed by atoms with van der Waals surface area (Å²) in [6, 6.07) is 0. The Balaban J connectivity index is 0.00000364. The second kappa shape index (κ2) is 15.8. The van der Waals surface area contributed by atoms with Crippen molar-refractivity contribution in [1.82, 2.24) is 15.5 Å². The first-order valence-electron chi connectivity index (χ1n) is 10.8. The summed E-state index contributed by atoms with van der Waals surface area (Å²) in [6.07, 6.45) is 7.97. The van der Waals surface area contributed by atoms with Gasteiger partial charge in [-0.15, -0.1) is 24.0 Å². The van der Waals surface area contributed by atoms with Gasteiger partial charge in [0.05, 0.1) is 19.3 Å². The van der Waals surface area contributed by atoms with Gasteiger partial charge in [0.15, 0.2) is 5.96 Å². The summed E-state index contributed by atoms with van der Waals surface area (Å²) in [5, 5.41) is 6.86. The molecule has 1 saturated heterocycles. The third kappa shape index (κ3) is 10.3. The molecule has 1 aliphatic heterocycles. The first-order chi connectivity index (χ1) is 12.8. The van der Waals surface area contributed by atoms with Crippen LogP contribution in [0.2, 0.25) is 0 Å². The Labute approximate surface area is 183 Å². The van der Waals surface area contributed by atoms with Crippen LogP contribution in [0, 0.1) is 5.92 Å².